The molecule has 0 amide bonds. The van der Waals surface area contributed by atoms with Crippen LogP contribution in [0.3, 0.4) is 0 Å². The van der Waals surface area contributed by atoms with Crippen molar-refractivity contribution in [3.63, 3.8) is 0 Å². The maximum absolute atomic E-state index is 10.4. The maximum atomic E-state index is 10.4. The number of esters is 1. The largest absolute Gasteiger partial charge is 0.469 e. The summed E-state index contributed by atoms with van der Waals surface area (Å²) in [6, 6.07) is -0.266. The Hall–Kier alpha value is -0.610. The Kier molecular flexibility index (Phi) is 4.00. The van der Waals surface area contributed by atoms with E-state index in [1.807, 2.05) is 0 Å². The molecule has 0 aromatic heterocycles. The standard InChI is InChI=1S/C5H12N2O2/c1-9-5(8)2-4(7)3-6/h4H,2-3,6-7H2,1H3/t4-/m1/s1. The van der Waals surface area contributed by atoms with Crippen LogP contribution in [0.25, 0.3) is 0 Å². The van der Waals surface area contributed by atoms with Gasteiger partial charge in [0.15, 0.2) is 0 Å². The number of carbonyl (C=O) groups is 1. The first kappa shape index (κ1) is 8.39. The number of nitrogens with two attached hydrogens (primary N) is 2. The second-order valence-electron chi connectivity index (χ2n) is 1.78. The molecular formula is C5H12N2O2. The molecule has 0 saturated heterocycles. The van der Waals surface area contributed by atoms with Gasteiger partial charge in [-0.05, 0) is 0 Å². The molecule has 0 aromatic carbocycles. The van der Waals surface area contributed by atoms with E-state index in [1.54, 1.807) is 0 Å². The van der Waals surface area contributed by atoms with E-state index in [4.69, 9.17) is 11.5 Å². The second kappa shape index (κ2) is 4.29. The summed E-state index contributed by atoms with van der Waals surface area (Å²) in [5, 5.41) is 0. The Labute approximate surface area is 54.2 Å². The molecular weight excluding hydrogens is 120 g/mol. The second-order valence-corrected chi connectivity index (χ2v) is 1.78. The summed E-state index contributed by atoms with van der Waals surface area (Å²) in [6.45, 7) is 0.315. The van der Waals surface area contributed by atoms with Gasteiger partial charge in [0.2, 0.25) is 0 Å². The summed E-state index contributed by atoms with van der Waals surface area (Å²) >= 11 is 0. The van der Waals surface area contributed by atoms with Crippen molar-refractivity contribution in [1.29, 1.82) is 0 Å². The van der Waals surface area contributed by atoms with Crippen molar-refractivity contribution in [1.82, 2.24) is 0 Å². The number of rotatable bonds is 3. The Balaban J connectivity index is 3.34. The Bertz CT molecular complexity index is 95.0. The number of ether oxygens (including phenoxy) is 1. The zero-order valence-corrected chi connectivity index (χ0v) is 5.46. The number of hydrogen-bond donors (Lipinski definition) is 2. The Morgan fingerprint density at radius 2 is 2.33 bits per heavy atom. The zero-order chi connectivity index (χ0) is 7.28. The predicted octanol–water partition coefficient (Wildman–Crippen LogP) is -1.16. The van der Waals surface area contributed by atoms with E-state index in [2.05, 4.69) is 4.74 Å². The van der Waals surface area contributed by atoms with Gasteiger partial charge in [0.25, 0.3) is 0 Å². The summed E-state index contributed by atoms with van der Waals surface area (Å²) in [4.78, 5) is 10.4. The average molecular weight is 132 g/mol. The molecule has 4 N–H and O–H groups in total. The molecule has 0 aliphatic rings. The Morgan fingerprint density at radius 1 is 1.78 bits per heavy atom. The van der Waals surface area contributed by atoms with Crippen LogP contribution in [0.15, 0.2) is 0 Å². The van der Waals surface area contributed by atoms with E-state index in [-0.39, 0.29) is 18.4 Å². The van der Waals surface area contributed by atoms with E-state index in [0.29, 0.717) is 6.54 Å². The van der Waals surface area contributed by atoms with Crippen molar-refractivity contribution in [2.75, 3.05) is 13.7 Å². The SMILES string of the molecule is COC(=O)C[C@@H](N)CN. The van der Waals surface area contributed by atoms with Crippen LogP contribution in [0.4, 0.5) is 0 Å². The van der Waals surface area contributed by atoms with Crippen molar-refractivity contribution in [2.45, 2.75) is 12.5 Å². The predicted molar refractivity (Wildman–Crippen MR) is 33.7 cm³/mol. The van der Waals surface area contributed by atoms with Gasteiger partial charge in [-0.2, -0.15) is 0 Å². The fourth-order valence-electron chi connectivity index (χ4n) is 0.381. The smallest absolute Gasteiger partial charge is 0.307 e. The monoisotopic (exact) mass is 132 g/mol. The molecule has 0 heterocycles. The number of carbonyl (C=O) groups excluding carboxylic acids is 1. The molecule has 1 atom stereocenters. The molecule has 0 saturated carbocycles. The lowest BCUT2D eigenvalue weighted by Gasteiger charge is -2.04. The highest BCUT2D eigenvalue weighted by molar-refractivity contribution is 5.69. The summed E-state index contributed by atoms with van der Waals surface area (Å²) in [5.74, 6) is -0.312. The van der Waals surface area contributed by atoms with Crippen LogP contribution in [0, 0.1) is 0 Å². The minimum Gasteiger partial charge on any atom is -0.469 e. The van der Waals surface area contributed by atoms with E-state index >= 15 is 0 Å². The molecule has 0 radical (unpaired) electrons. The highest BCUT2D eigenvalue weighted by Crippen LogP contribution is 1.86. The van der Waals surface area contributed by atoms with Crippen LogP contribution in [-0.4, -0.2) is 25.7 Å². The normalized spacial score (nSPS) is 12.8. The van der Waals surface area contributed by atoms with Crippen LogP contribution in [0.5, 0.6) is 0 Å². The number of methoxy groups -OCH3 is 1. The summed E-state index contributed by atoms with van der Waals surface area (Å²) in [7, 11) is 1.32. The van der Waals surface area contributed by atoms with Gasteiger partial charge in [0, 0.05) is 12.6 Å². The molecule has 0 fully saturated rings. The lowest BCUT2D eigenvalue weighted by molar-refractivity contribution is -0.140. The average Bonchev–Trinajstić information content (AvgIpc) is 1.87. The molecule has 0 unspecified atom stereocenters. The maximum Gasteiger partial charge on any atom is 0.307 e. The molecule has 0 spiro atoms. The van der Waals surface area contributed by atoms with Gasteiger partial charge in [-0.1, -0.05) is 0 Å². The molecule has 9 heavy (non-hydrogen) atoms. The third-order valence-corrected chi connectivity index (χ3v) is 0.959. The first-order valence-electron chi connectivity index (χ1n) is 2.73. The molecule has 0 aliphatic heterocycles. The minimum atomic E-state index is -0.312. The van der Waals surface area contributed by atoms with E-state index < -0.39 is 0 Å². The summed E-state index contributed by atoms with van der Waals surface area (Å²) in [5.41, 5.74) is 10.5. The highest BCUT2D eigenvalue weighted by atomic mass is 16.5. The van der Waals surface area contributed by atoms with Crippen LogP contribution < -0.4 is 11.5 Å². The number of hydrogen-bond acceptors (Lipinski definition) is 4. The first-order valence-corrected chi connectivity index (χ1v) is 2.73. The van der Waals surface area contributed by atoms with Crippen LogP contribution in [0.1, 0.15) is 6.42 Å². The first-order chi connectivity index (χ1) is 4.20. The zero-order valence-electron chi connectivity index (χ0n) is 5.46. The van der Waals surface area contributed by atoms with Crippen molar-refractivity contribution < 1.29 is 9.53 Å². The van der Waals surface area contributed by atoms with Crippen LogP contribution >= 0.6 is 0 Å². The lowest BCUT2D eigenvalue weighted by atomic mass is 10.2. The molecule has 0 bridgehead atoms. The van der Waals surface area contributed by atoms with E-state index in [1.165, 1.54) is 7.11 Å². The summed E-state index contributed by atoms with van der Waals surface area (Å²) in [6.07, 6.45) is 0.201. The van der Waals surface area contributed by atoms with Crippen molar-refractivity contribution in [3.05, 3.63) is 0 Å². The van der Waals surface area contributed by atoms with Gasteiger partial charge in [-0.25, -0.2) is 0 Å². The minimum absolute atomic E-state index is 0.201. The fraction of sp³-hybridized carbons (Fsp3) is 0.800. The molecule has 0 aromatic rings. The van der Waals surface area contributed by atoms with Gasteiger partial charge in [-0.3, -0.25) is 4.79 Å². The highest BCUT2D eigenvalue weighted by Gasteiger charge is 2.05. The van der Waals surface area contributed by atoms with Crippen LogP contribution in [-0.2, 0) is 9.53 Å². The van der Waals surface area contributed by atoms with Gasteiger partial charge >= 0.3 is 5.97 Å². The van der Waals surface area contributed by atoms with Crippen molar-refractivity contribution in [3.8, 4) is 0 Å². The summed E-state index contributed by atoms with van der Waals surface area (Å²) < 4.78 is 4.35. The van der Waals surface area contributed by atoms with Gasteiger partial charge < -0.3 is 16.2 Å². The molecule has 4 heteroatoms. The van der Waals surface area contributed by atoms with Crippen LogP contribution in [0.2, 0.25) is 0 Å². The van der Waals surface area contributed by atoms with Crippen molar-refractivity contribution in [2.24, 2.45) is 11.5 Å². The van der Waals surface area contributed by atoms with Crippen molar-refractivity contribution >= 4 is 5.97 Å². The molecule has 54 valence electrons. The third kappa shape index (κ3) is 3.93. The molecule has 0 aliphatic carbocycles. The Morgan fingerprint density at radius 3 is 2.67 bits per heavy atom. The lowest BCUT2D eigenvalue weighted by Crippen LogP contribution is -2.32. The van der Waals surface area contributed by atoms with E-state index in [9.17, 15) is 4.79 Å². The fourth-order valence-corrected chi connectivity index (χ4v) is 0.381. The quantitative estimate of drug-likeness (QED) is 0.474. The molecule has 0 rings (SSSR count). The molecule has 4 nitrogen and oxygen atoms in total. The van der Waals surface area contributed by atoms with Gasteiger partial charge in [0.1, 0.15) is 0 Å². The van der Waals surface area contributed by atoms with Gasteiger partial charge in [-0.15, -0.1) is 0 Å². The van der Waals surface area contributed by atoms with Gasteiger partial charge in [0.05, 0.1) is 13.5 Å². The third-order valence-electron chi connectivity index (χ3n) is 0.959. The topological polar surface area (TPSA) is 78.3 Å². The van der Waals surface area contributed by atoms with E-state index in [0.717, 1.165) is 0 Å².